The molecule has 1 N–H and O–H groups in total. The quantitative estimate of drug-likeness (QED) is 0.335. The van der Waals surface area contributed by atoms with Gasteiger partial charge in [-0.05, 0) is 50.1 Å². The molecule has 2 aromatic heterocycles. The zero-order chi connectivity index (χ0) is 22.5. The lowest BCUT2D eigenvalue weighted by Crippen LogP contribution is -2.15. The molecule has 0 aliphatic heterocycles. The number of aryl methyl sites for hydroxylation is 1. The van der Waals surface area contributed by atoms with Crippen LogP contribution in [0.25, 0.3) is 10.2 Å². The van der Waals surface area contributed by atoms with Crippen molar-refractivity contribution in [3.05, 3.63) is 59.9 Å². The number of para-hydroxylation sites is 1. The van der Waals surface area contributed by atoms with Crippen LogP contribution >= 0.6 is 23.1 Å². The predicted octanol–water partition coefficient (Wildman–Crippen LogP) is 5.34. The number of rotatable bonds is 9. The van der Waals surface area contributed by atoms with E-state index in [1.54, 1.807) is 0 Å². The molecule has 0 saturated heterocycles. The molecular weight excluding hydrogens is 442 g/mol. The molecule has 4 aromatic rings. The molecule has 2 heterocycles. The molecule has 1 amide bonds. The molecule has 0 aliphatic carbocycles. The van der Waals surface area contributed by atoms with Crippen LogP contribution in [0.1, 0.15) is 38.3 Å². The van der Waals surface area contributed by atoms with Gasteiger partial charge in [-0.15, -0.1) is 10.2 Å². The lowest BCUT2D eigenvalue weighted by Gasteiger charge is -2.15. The summed E-state index contributed by atoms with van der Waals surface area (Å²) in [4.78, 5) is 16.9. The molecule has 4 rings (SSSR count). The molecule has 0 saturated carbocycles. The van der Waals surface area contributed by atoms with Crippen LogP contribution in [0, 0.1) is 0 Å². The molecule has 166 valence electrons. The number of thioether (sulfide) groups is 1. The Morgan fingerprint density at radius 2 is 1.94 bits per heavy atom. The first-order valence-corrected chi connectivity index (χ1v) is 12.3. The summed E-state index contributed by atoms with van der Waals surface area (Å²) in [7, 11) is 0. The van der Waals surface area contributed by atoms with Crippen LogP contribution in [0.3, 0.4) is 0 Å². The average molecular weight is 468 g/mol. The van der Waals surface area contributed by atoms with Crippen LogP contribution < -0.4 is 10.1 Å². The molecule has 0 aliphatic rings. The molecule has 0 bridgehead atoms. The molecule has 0 spiro atoms. The normalized spacial score (nSPS) is 12.1. The van der Waals surface area contributed by atoms with E-state index in [4.69, 9.17) is 4.74 Å². The van der Waals surface area contributed by atoms with Crippen LogP contribution in [0.15, 0.2) is 53.7 Å². The second kappa shape index (κ2) is 10.1. The zero-order valence-corrected chi connectivity index (χ0v) is 19.9. The largest absolute Gasteiger partial charge is 0.483 e. The minimum absolute atomic E-state index is 0.124. The van der Waals surface area contributed by atoms with E-state index in [-0.39, 0.29) is 17.8 Å². The van der Waals surface area contributed by atoms with Crippen LogP contribution in [0.4, 0.5) is 5.13 Å². The highest BCUT2D eigenvalue weighted by molar-refractivity contribution is 7.99. The highest BCUT2D eigenvalue weighted by atomic mass is 32.2. The Morgan fingerprint density at radius 1 is 1.16 bits per heavy atom. The minimum Gasteiger partial charge on any atom is -0.483 e. The van der Waals surface area contributed by atoms with Gasteiger partial charge >= 0.3 is 0 Å². The third-order valence-corrected chi connectivity index (χ3v) is 6.86. The maximum absolute atomic E-state index is 12.4. The number of aromatic nitrogens is 4. The van der Waals surface area contributed by atoms with Crippen molar-refractivity contribution < 1.29 is 9.53 Å². The number of amides is 1. The summed E-state index contributed by atoms with van der Waals surface area (Å²) in [5, 5.41) is 12.8. The zero-order valence-electron chi connectivity index (χ0n) is 18.2. The SMILES string of the molecule is CCc1ccc(O[C@@H](C)c2nnc(SCC(=O)Nc3nc4ccccc4s3)n2CC)cc1. The Morgan fingerprint density at radius 3 is 2.66 bits per heavy atom. The number of ether oxygens (including phenoxy) is 1. The Kier molecular flexibility index (Phi) is 7.06. The number of hydrogen-bond acceptors (Lipinski definition) is 7. The number of nitrogens with one attached hydrogen (secondary N) is 1. The molecule has 2 aromatic carbocycles. The predicted molar refractivity (Wildman–Crippen MR) is 130 cm³/mol. The minimum atomic E-state index is -0.263. The second-order valence-corrected chi connectivity index (χ2v) is 9.14. The maximum atomic E-state index is 12.4. The van der Waals surface area contributed by atoms with Crippen molar-refractivity contribution in [2.75, 3.05) is 11.1 Å². The van der Waals surface area contributed by atoms with E-state index in [2.05, 4.69) is 39.6 Å². The molecule has 1 atom stereocenters. The molecule has 7 nitrogen and oxygen atoms in total. The van der Waals surface area contributed by atoms with E-state index in [0.717, 1.165) is 28.2 Å². The number of hydrogen-bond donors (Lipinski definition) is 1. The van der Waals surface area contributed by atoms with Crippen LogP contribution in [-0.2, 0) is 17.8 Å². The smallest absolute Gasteiger partial charge is 0.236 e. The number of nitrogens with zero attached hydrogens (tertiary/aromatic N) is 4. The summed E-state index contributed by atoms with van der Waals surface area (Å²) in [5.41, 5.74) is 2.15. The van der Waals surface area contributed by atoms with E-state index in [0.29, 0.717) is 16.8 Å². The first kappa shape index (κ1) is 22.3. The van der Waals surface area contributed by atoms with E-state index < -0.39 is 0 Å². The van der Waals surface area contributed by atoms with Gasteiger partial charge in [0.1, 0.15) is 5.75 Å². The average Bonchev–Trinajstić information content (AvgIpc) is 3.41. The summed E-state index contributed by atoms with van der Waals surface area (Å²) >= 11 is 2.82. The summed E-state index contributed by atoms with van der Waals surface area (Å²) in [5.74, 6) is 1.63. The van der Waals surface area contributed by atoms with Gasteiger partial charge in [0, 0.05) is 6.54 Å². The number of carbonyl (C=O) groups is 1. The van der Waals surface area contributed by atoms with Crippen molar-refractivity contribution in [2.24, 2.45) is 0 Å². The first-order valence-electron chi connectivity index (χ1n) is 10.5. The lowest BCUT2D eigenvalue weighted by atomic mass is 10.2. The van der Waals surface area contributed by atoms with Crippen molar-refractivity contribution in [2.45, 2.75) is 45.0 Å². The highest BCUT2D eigenvalue weighted by Crippen LogP contribution is 2.27. The van der Waals surface area contributed by atoms with Crippen molar-refractivity contribution in [1.82, 2.24) is 19.7 Å². The lowest BCUT2D eigenvalue weighted by molar-refractivity contribution is -0.113. The van der Waals surface area contributed by atoms with Gasteiger partial charge < -0.3 is 14.6 Å². The van der Waals surface area contributed by atoms with Crippen LogP contribution in [-0.4, -0.2) is 31.4 Å². The van der Waals surface area contributed by atoms with Crippen molar-refractivity contribution in [3.63, 3.8) is 0 Å². The topological polar surface area (TPSA) is 81.9 Å². The fourth-order valence-electron chi connectivity index (χ4n) is 3.28. The number of thiazole rings is 1. The molecule has 9 heteroatoms. The molecule has 32 heavy (non-hydrogen) atoms. The van der Waals surface area contributed by atoms with Gasteiger partial charge in [0.25, 0.3) is 0 Å². The van der Waals surface area contributed by atoms with Gasteiger partial charge in [0.05, 0.1) is 16.0 Å². The third-order valence-electron chi connectivity index (χ3n) is 4.94. The first-order chi connectivity index (χ1) is 15.6. The van der Waals surface area contributed by atoms with E-state index in [1.807, 2.05) is 54.8 Å². The standard InChI is InChI=1S/C23H25N5O2S2/c1-4-16-10-12-17(13-11-16)30-15(3)21-26-27-23(28(21)5-2)31-14-20(29)25-22-24-18-8-6-7-9-19(18)32-22/h6-13,15H,4-5,14H2,1-3H3,(H,24,25,29)/t15-/m0/s1. The van der Waals surface area contributed by atoms with E-state index >= 15 is 0 Å². The summed E-state index contributed by atoms with van der Waals surface area (Å²) in [6.07, 6.45) is 0.730. The Hall–Kier alpha value is -2.91. The molecular formula is C23H25N5O2S2. The van der Waals surface area contributed by atoms with E-state index in [1.165, 1.54) is 28.7 Å². The fraction of sp³-hybridized carbons (Fsp3) is 0.304. The molecule has 0 fully saturated rings. The van der Waals surface area contributed by atoms with Gasteiger partial charge in [0.2, 0.25) is 5.91 Å². The monoisotopic (exact) mass is 467 g/mol. The van der Waals surface area contributed by atoms with Crippen molar-refractivity contribution >= 4 is 44.4 Å². The van der Waals surface area contributed by atoms with Gasteiger partial charge in [-0.2, -0.15) is 0 Å². The van der Waals surface area contributed by atoms with Gasteiger partial charge in [-0.25, -0.2) is 4.98 Å². The fourth-order valence-corrected chi connectivity index (χ4v) is 4.97. The summed E-state index contributed by atoms with van der Waals surface area (Å²) in [6.45, 7) is 6.80. The Bertz CT molecular complexity index is 1170. The van der Waals surface area contributed by atoms with Gasteiger partial charge in [-0.3, -0.25) is 4.79 Å². The van der Waals surface area contributed by atoms with Crippen LogP contribution in [0.5, 0.6) is 5.75 Å². The van der Waals surface area contributed by atoms with Gasteiger partial charge in [0.15, 0.2) is 22.2 Å². The molecule has 0 radical (unpaired) electrons. The van der Waals surface area contributed by atoms with Crippen molar-refractivity contribution in [3.8, 4) is 5.75 Å². The van der Waals surface area contributed by atoms with Crippen LogP contribution in [0.2, 0.25) is 0 Å². The Labute approximate surface area is 195 Å². The number of anilines is 1. The number of carbonyl (C=O) groups excluding carboxylic acids is 1. The maximum Gasteiger partial charge on any atom is 0.236 e. The third kappa shape index (κ3) is 5.11. The Balaban J connectivity index is 1.37. The summed E-state index contributed by atoms with van der Waals surface area (Å²) in [6, 6.07) is 15.9. The summed E-state index contributed by atoms with van der Waals surface area (Å²) < 4.78 is 9.10. The highest BCUT2D eigenvalue weighted by Gasteiger charge is 2.19. The van der Waals surface area contributed by atoms with Gasteiger partial charge in [-0.1, -0.05) is 54.3 Å². The second-order valence-electron chi connectivity index (χ2n) is 7.17. The van der Waals surface area contributed by atoms with Crippen molar-refractivity contribution in [1.29, 1.82) is 0 Å². The number of fused-ring (bicyclic) bond motifs is 1. The van der Waals surface area contributed by atoms with E-state index in [9.17, 15) is 4.79 Å². The number of benzene rings is 2. The molecule has 0 unspecified atom stereocenters.